The Bertz CT molecular complexity index is 1170. The van der Waals surface area contributed by atoms with Gasteiger partial charge in [0.25, 0.3) is 15.6 Å². The molecule has 0 fully saturated rings. The van der Waals surface area contributed by atoms with Crippen molar-refractivity contribution in [3.63, 3.8) is 0 Å². The van der Waals surface area contributed by atoms with Gasteiger partial charge in [0.15, 0.2) is 0 Å². The van der Waals surface area contributed by atoms with Crippen LogP contribution in [0.1, 0.15) is 24.5 Å². The second-order valence-electron chi connectivity index (χ2n) is 7.29. The van der Waals surface area contributed by atoms with E-state index in [0.717, 1.165) is 34.6 Å². The molecule has 0 unspecified atom stereocenters. The van der Waals surface area contributed by atoms with Crippen LogP contribution in [0.15, 0.2) is 47.4 Å². The van der Waals surface area contributed by atoms with Gasteiger partial charge in [0.1, 0.15) is 5.82 Å². The Balaban J connectivity index is 0.000000982. The van der Waals surface area contributed by atoms with Crippen LogP contribution < -0.4 is 10.0 Å². The lowest BCUT2D eigenvalue weighted by Crippen LogP contribution is -2.54. The van der Waals surface area contributed by atoms with E-state index in [1.807, 2.05) is 0 Å². The number of hydrogen-bond acceptors (Lipinski definition) is 4. The number of hydrogen-bond donors (Lipinski definition) is 2. The molecule has 0 radical (unpaired) electrons. The van der Waals surface area contributed by atoms with Crippen LogP contribution in [0.4, 0.5) is 36.4 Å². The summed E-state index contributed by atoms with van der Waals surface area (Å²) in [5.41, 5.74) is -2.30. The molecule has 2 aromatic carbocycles. The summed E-state index contributed by atoms with van der Waals surface area (Å²) in [6.45, 7) is 1.23. The van der Waals surface area contributed by atoms with Crippen molar-refractivity contribution < 1.29 is 49.1 Å². The first-order valence-electron chi connectivity index (χ1n) is 9.80. The first kappa shape index (κ1) is 30.7. The van der Waals surface area contributed by atoms with E-state index in [1.54, 1.807) is 0 Å². The lowest BCUT2D eigenvalue weighted by Gasteiger charge is -2.35. The number of primary amides is 1. The summed E-state index contributed by atoms with van der Waals surface area (Å²) >= 11 is 0. The van der Waals surface area contributed by atoms with Crippen LogP contribution in [0.3, 0.4) is 0 Å². The van der Waals surface area contributed by atoms with E-state index in [9.17, 15) is 49.1 Å². The number of nitrogens with two attached hydrogens (primary N) is 1. The maximum Gasteiger partial charge on any atom is 0.430 e. The van der Waals surface area contributed by atoms with Crippen molar-refractivity contribution in [3.05, 3.63) is 59.4 Å². The molecule has 6 nitrogen and oxygen atoms in total. The van der Waals surface area contributed by atoms with Gasteiger partial charge in [-0.2, -0.15) is 26.3 Å². The van der Waals surface area contributed by atoms with Crippen molar-refractivity contribution in [3.8, 4) is 12.8 Å². The van der Waals surface area contributed by atoms with E-state index >= 15 is 0 Å². The molecule has 1 heterocycles. The van der Waals surface area contributed by atoms with Crippen LogP contribution in [0.25, 0.3) is 0 Å². The Morgan fingerprint density at radius 2 is 1.47 bits per heavy atom. The van der Waals surface area contributed by atoms with Gasteiger partial charge in [0.2, 0.25) is 5.91 Å². The number of halogens is 7. The van der Waals surface area contributed by atoms with Crippen LogP contribution in [-0.4, -0.2) is 38.3 Å². The van der Waals surface area contributed by atoms with E-state index < -0.39 is 39.4 Å². The smallest absolute Gasteiger partial charge is 0.370 e. The van der Waals surface area contributed by atoms with Crippen molar-refractivity contribution in [2.45, 2.75) is 42.6 Å². The number of alkyl halides is 6. The van der Waals surface area contributed by atoms with Gasteiger partial charge in [-0.25, -0.2) is 12.8 Å². The highest BCUT2D eigenvalue weighted by molar-refractivity contribution is 7.92. The van der Waals surface area contributed by atoms with Crippen molar-refractivity contribution in [1.29, 1.82) is 0 Å². The molecule has 3 N–H and O–H groups in total. The minimum absolute atomic E-state index is 0.00437. The predicted octanol–water partition coefficient (Wildman–Crippen LogP) is 4.02. The Morgan fingerprint density at radius 3 is 1.92 bits per heavy atom. The fourth-order valence-corrected chi connectivity index (χ4v) is 4.80. The summed E-state index contributed by atoms with van der Waals surface area (Å²) in [6, 6.07) is 5.54. The number of carbonyl (C=O) groups excluding carboxylic acids is 1. The summed E-state index contributed by atoms with van der Waals surface area (Å²) in [6.07, 6.45) is -3.97. The molecule has 0 atom stereocenters. The number of terminal acetylenes is 1. The van der Waals surface area contributed by atoms with Crippen LogP contribution in [0.5, 0.6) is 0 Å². The second kappa shape index (κ2) is 11.2. The maximum atomic E-state index is 13.1. The zero-order valence-electron chi connectivity index (χ0n) is 18.6. The van der Waals surface area contributed by atoms with Gasteiger partial charge >= 0.3 is 12.4 Å². The van der Waals surface area contributed by atoms with E-state index in [0.29, 0.717) is 12.1 Å². The number of sulfonamides is 1. The van der Waals surface area contributed by atoms with Gasteiger partial charge in [-0.1, -0.05) is 12.1 Å². The highest BCUT2D eigenvalue weighted by Gasteiger charge is 2.71. The Morgan fingerprint density at radius 1 is 1.00 bits per heavy atom. The lowest BCUT2D eigenvalue weighted by atomic mass is 9.89. The molecule has 1 aliphatic heterocycles. The fraction of sp³-hybridized carbons (Fsp3) is 0.318. The first-order valence-corrected chi connectivity index (χ1v) is 11.2. The number of nitrogens with zero attached hydrogens (tertiary/aromatic N) is 1. The topological polar surface area (TPSA) is 101 Å². The van der Waals surface area contributed by atoms with Crippen molar-refractivity contribution in [1.82, 2.24) is 0 Å². The van der Waals surface area contributed by atoms with Gasteiger partial charge in [-0.15, -0.1) is 12.8 Å². The normalized spacial score (nSPS) is 13.9. The van der Waals surface area contributed by atoms with E-state index in [4.69, 9.17) is 0 Å². The second-order valence-corrected chi connectivity index (χ2v) is 9.16. The quantitative estimate of drug-likeness (QED) is 0.452. The average Bonchev–Trinajstić information content (AvgIpc) is 2.77. The van der Waals surface area contributed by atoms with Gasteiger partial charge in [-0.05, 0) is 48.7 Å². The van der Waals surface area contributed by atoms with Gasteiger partial charge in [0, 0.05) is 19.0 Å². The zero-order chi connectivity index (χ0) is 28.1. The number of rotatable bonds is 3. The molecule has 0 aliphatic carbocycles. The highest BCUT2D eigenvalue weighted by atomic mass is 32.2. The number of amides is 1. The van der Waals surface area contributed by atoms with Crippen LogP contribution in [-0.2, 0) is 26.8 Å². The summed E-state index contributed by atoms with van der Waals surface area (Å²) in [5.74, 6) is -1.02. The van der Waals surface area contributed by atoms with E-state index in [1.165, 1.54) is 6.92 Å². The Kier molecular flexibility index (Phi) is 9.53. The van der Waals surface area contributed by atoms with Gasteiger partial charge < -0.3 is 10.8 Å². The molecule has 198 valence electrons. The Labute approximate surface area is 202 Å². The Hall–Kier alpha value is -3.31. The molecular weight excluding hydrogens is 521 g/mol. The van der Waals surface area contributed by atoms with Crippen molar-refractivity contribution >= 4 is 21.6 Å². The third-order valence-corrected chi connectivity index (χ3v) is 6.62. The molecule has 0 spiro atoms. The third kappa shape index (κ3) is 6.27. The number of benzene rings is 2. The third-order valence-electron chi connectivity index (χ3n) is 4.80. The zero-order valence-corrected chi connectivity index (χ0v) is 19.4. The summed E-state index contributed by atoms with van der Waals surface area (Å²) < 4.78 is 118. The monoisotopic (exact) mass is 542 g/mol. The number of fused-ring (bicyclic) bond motifs is 1. The minimum atomic E-state index is -6.05. The first-order chi connectivity index (χ1) is 16.4. The van der Waals surface area contributed by atoms with Crippen LogP contribution in [0, 0.1) is 18.7 Å². The summed E-state index contributed by atoms with van der Waals surface area (Å²) in [7, 11) is -4.24. The number of anilines is 1. The van der Waals surface area contributed by atoms with E-state index in [-0.39, 0.29) is 41.4 Å². The molecule has 3 rings (SSSR count). The number of carbonyl (C=O) groups is 1. The predicted molar refractivity (Wildman–Crippen MR) is 116 cm³/mol. The van der Waals surface area contributed by atoms with Crippen molar-refractivity contribution in [2.24, 2.45) is 5.73 Å². The molecule has 0 aromatic heterocycles. The lowest BCUT2D eigenvalue weighted by molar-refractivity contribution is -0.376. The van der Waals surface area contributed by atoms with Crippen LogP contribution in [0.2, 0.25) is 0 Å². The van der Waals surface area contributed by atoms with Gasteiger partial charge in [0.05, 0.1) is 10.6 Å². The molecule has 36 heavy (non-hydrogen) atoms. The summed E-state index contributed by atoms with van der Waals surface area (Å²) in [4.78, 5) is 8.93. The number of aliphatic hydroxyl groups is 1. The SMILES string of the molecule is C#C.CC(N)=O.O=S(=O)(c1ccc(F)cc1)N1CCCc2cc(C(O)(C(F)(F)F)C(F)(F)F)ccc21. The average molecular weight is 542 g/mol. The fourth-order valence-electron chi connectivity index (χ4n) is 3.26. The minimum Gasteiger partial charge on any atom is -0.370 e. The van der Waals surface area contributed by atoms with Crippen molar-refractivity contribution in [2.75, 3.05) is 10.8 Å². The molecule has 2 aromatic rings. The molecule has 1 amide bonds. The molecule has 0 bridgehead atoms. The maximum absolute atomic E-state index is 13.1. The van der Waals surface area contributed by atoms with E-state index in [2.05, 4.69) is 18.6 Å². The molecule has 1 aliphatic rings. The molecule has 0 saturated carbocycles. The van der Waals surface area contributed by atoms with Gasteiger partial charge in [-0.3, -0.25) is 9.10 Å². The molecule has 14 heteroatoms. The molecular formula is C22H21F7N2O4S. The summed E-state index contributed by atoms with van der Waals surface area (Å²) in [5, 5.41) is 9.57. The highest BCUT2D eigenvalue weighted by Crippen LogP contribution is 2.51. The molecule has 0 saturated heterocycles. The largest absolute Gasteiger partial charge is 0.430 e. The van der Waals surface area contributed by atoms with Crippen LogP contribution >= 0.6 is 0 Å². The standard InChI is InChI=1S/C18H14F7NO3S.C2H5NO.C2H2/c19-13-4-6-14(7-5-13)30(28,29)26-9-1-2-11-10-12(3-8-15(11)26)16(27,17(20,21)22)18(23,24)25;1-2(3)4;1-2/h3-8,10,27H,1-2,9H2;1H3,(H2,3,4);1-2H. The number of aryl methyl sites for hydroxylation is 1.